The van der Waals surface area contributed by atoms with Crippen LogP contribution in [0.3, 0.4) is 0 Å². The van der Waals surface area contributed by atoms with Crippen LogP contribution in [-0.4, -0.2) is 74.9 Å². The molecule has 1 atom stereocenters. The molecule has 0 bridgehead atoms. The van der Waals surface area contributed by atoms with Gasteiger partial charge < -0.3 is 14.5 Å². The second kappa shape index (κ2) is 12.4. The van der Waals surface area contributed by atoms with E-state index in [0.717, 1.165) is 56.1 Å². The van der Waals surface area contributed by atoms with E-state index in [4.69, 9.17) is 4.74 Å². The molecular weight excluding hydrogens is 546 g/mol. The fourth-order valence-corrected chi connectivity index (χ4v) is 7.84. The number of rotatable bonds is 8. The van der Waals surface area contributed by atoms with Crippen molar-refractivity contribution in [2.45, 2.75) is 57.0 Å². The van der Waals surface area contributed by atoms with Crippen LogP contribution in [0, 0.1) is 11.3 Å². The highest BCUT2D eigenvalue weighted by Crippen LogP contribution is 2.38. The third-order valence-electron chi connectivity index (χ3n) is 9.00. The second-order valence-corrected chi connectivity index (χ2v) is 15.0. The van der Waals surface area contributed by atoms with E-state index < -0.39 is 21.0 Å². The Hall–Kier alpha value is -2.78. The van der Waals surface area contributed by atoms with E-state index in [1.165, 1.54) is 5.56 Å². The molecule has 3 aromatic rings. The fraction of sp³-hybridized carbons (Fsp3) is 0.500. The number of hydrogen-bond acceptors (Lipinski definition) is 5. The van der Waals surface area contributed by atoms with Gasteiger partial charge in [-0.3, -0.25) is 4.79 Å². The number of carbonyl (C=O) groups is 1. The van der Waals surface area contributed by atoms with Gasteiger partial charge in [-0.15, -0.1) is 0 Å². The first-order chi connectivity index (χ1) is 20.0. The van der Waals surface area contributed by atoms with Crippen LogP contribution < -0.4 is 0 Å². The Bertz CT molecular complexity index is 1460. The number of sulfonamides is 1. The van der Waals surface area contributed by atoms with E-state index in [0.29, 0.717) is 30.6 Å². The van der Waals surface area contributed by atoms with Crippen LogP contribution in [0.15, 0.2) is 77.7 Å². The van der Waals surface area contributed by atoms with Crippen molar-refractivity contribution in [3.05, 3.63) is 78.4 Å². The largest absolute Gasteiger partial charge is 0.350 e. The number of nitrogens with zero attached hydrogens (tertiary/aromatic N) is 3. The fourth-order valence-electron chi connectivity index (χ4n) is 6.38. The summed E-state index contributed by atoms with van der Waals surface area (Å²) in [5.41, 5.74) is 0.324. The topological polar surface area (TPSA) is 70.2 Å². The molecule has 1 amide bonds. The minimum absolute atomic E-state index is 0.124. The van der Waals surface area contributed by atoms with Crippen molar-refractivity contribution < 1.29 is 17.9 Å². The maximum atomic E-state index is 13.5. The van der Waals surface area contributed by atoms with Crippen molar-refractivity contribution in [1.82, 2.24) is 14.1 Å². The average molecular weight is 592 g/mol. The molecule has 8 heteroatoms. The van der Waals surface area contributed by atoms with Gasteiger partial charge >= 0.3 is 0 Å². The molecule has 7 nitrogen and oxygen atoms in total. The Balaban J connectivity index is 1.18. The molecular formula is C34H45N3O4S. The summed E-state index contributed by atoms with van der Waals surface area (Å²) >= 11 is 0. The lowest BCUT2D eigenvalue weighted by atomic mass is 9.84. The van der Waals surface area contributed by atoms with Crippen LogP contribution in [-0.2, 0) is 25.2 Å². The first kappa shape index (κ1) is 30.7. The van der Waals surface area contributed by atoms with Gasteiger partial charge in [-0.1, -0.05) is 87.5 Å². The van der Waals surface area contributed by atoms with Gasteiger partial charge in [0.05, 0.1) is 10.5 Å². The molecule has 0 saturated carbocycles. The predicted molar refractivity (Wildman–Crippen MR) is 167 cm³/mol. The van der Waals surface area contributed by atoms with Crippen molar-refractivity contribution >= 4 is 26.7 Å². The summed E-state index contributed by atoms with van der Waals surface area (Å²) in [5, 5.41) is 1.70. The highest BCUT2D eigenvalue weighted by molar-refractivity contribution is 7.89. The molecule has 2 heterocycles. The first-order valence-electron chi connectivity index (χ1n) is 15.1. The summed E-state index contributed by atoms with van der Waals surface area (Å²) in [6.45, 7) is 10.2. The molecule has 0 N–H and O–H groups in total. The second-order valence-electron chi connectivity index (χ2n) is 13.0. The van der Waals surface area contributed by atoms with Gasteiger partial charge in [-0.05, 0) is 61.7 Å². The Morgan fingerprint density at radius 3 is 2.29 bits per heavy atom. The smallest absolute Gasteiger partial charge is 0.243 e. The maximum Gasteiger partial charge on any atom is 0.243 e. The number of carbonyl (C=O) groups excluding carboxylic acids is 1. The highest BCUT2D eigenvalue weighted by Gasteiger charge is 2.40. The molecule has 226 valence electrons. The maximum absolute atomic E-state index is 13.5. The van der Waals surface area contributed by atoms with E-state index in [2.05, 4.69) is 29.2 Å². The average Bonchev–Trinajstić information content (AvgIpc) is 3.00. The lowest BCUT2D eigenvalue weighted by Crippen LogP contribution is -2.51. The molecule has 2 aliphatic rings. The highest BCUT2D eigenvalue weighted by atomic mass is 32.2. The molecule has 2 aliphatic heterocycles. The van der Waals surface area contributed by atoms with Gasteiger partial charge in [0, 0.05) is 37.5 Å². The summed E-state index contributed by atoms with van der Waals surface area (Å²) in [4.78, 5) is 17.6. The lowest BCUT2D eigenvalue weighted by Gasteiger charge is -2.45. The van der Waals surface area contributed by atoms with Gasteiger partial charge in [0.2, 0.25) is 15.9 Å². The van der Waals surface area contributed by atoms with Crippen LogP contribution in [0.1, 0.15) is 52.0 Å². The van der Waals surface area contributed by atoms with E-state index in [9.17, 15) is 13.2 Å². The molecule has 0 spiro atoms. The van der Waals surface area contributed by atoms with E-state index in [1.54, 1.807) is 17.4 Å². The molecule has 3 aromatic carbocycles. The number of amides is 1. The molecule has 2 fully saturated rings. The van der Waals surface area contributed by atoms with Crippen molar-refractivity contribution in [2.75, 3.05) is 46.5 Å². The summed E-state index contributed by atoms with van der Waals surface area (Å²) in [6.07, 6.45) is 3.55. The van der Waals surface area contributed by atoms with Crippen molar-refractivity contribution in [2.24, 2.45) is 11.3 Å². The number of ether oxygens (including phenoxy) is 1. The van der Waals surface area contributed by atoms with Gasteiger partial charge in [-0.25, -0.2) is 12.7 Å². The van der Waals surface area contributed by atoms with Crippen LogP contribution in [0.25, 0.3) is 10.8 Å². The molecule has 0 radical (unpaired) electrons. The normalized spacial score (nSPS) is 21.2. The van der Waals surface area contributed by atoms with E-state index in [1.807, 2.05) is 68.1 Å². The van der Waals surface area contributed by atoms with Crippen LogP contribution in [0.5, 0.6) is 0 Å². The first-order valence-corrected chi connectivity index (χ1v) is 16.6. The molecule has 0 aromatic heterocycles. The molecule has 42 heavy (non-hydrogen) atoms. The monoisotopic (exact) mass is 591 g/mol. The number of benzene rings is 3. The van der Waals surface area contributed by atoms with Crippen molar-refractivity contribution in [3.8, 4) is 0 Å². The summed E-state index contributed by atoms with van der Waals surface area (Å²) in [6, 6.07) is 23.6. The molecule has 1 unspecified atom stereocenters. The Kier molecular flexibility index (Phi) is 9.09. The number of likely N-dealkylation sites (tertiary alicyclic amines) is 1. The van der Waals surface area contributed by atoms with Gasteiger partial charge in [0.1, 0.15) is 6.73 Å². The standard InChI is InChI=1S/C34H45N3O4S/c1-33(2,3)32(38)37-24-20-34(41-26-37,29-13-6-5-7-14-29)19-23-36-21-17-27(18-22-36)25-35(4)42(39,40)31-16-10-12-28-11-8-9-15-30(28)31/h5-16,27H,17-26H2,1-4H3. The van der Waals surface area contributed by atoms with E-state index in [-0.39, 0.29) is 5.91 Å². The van der Waals surface area contributed by atoms with Crippen LogP contribution >= 0.6 is 0 Å². The molecule has 0 aliphatic carbocycles. The van der Waals surface area contributed by atoms with Crippen molar-refractivity contribution in [1.29, 1.82) is 0 Å². The number of hydrogen-bond donors (Lipinski definition) is 0. The van der Waals surface area contributed by atoms with Gasteiger partial charge in [0.15, 0.2) is 0 Å². The Morgan fingerprint density at radius 2 is 1.62 bits per heavy atom. The number of fused-ring (bicyclic) bond motifs is 1. The summed E-state index contributed by atoms with van der Waals surface area (Å²) < 4.78 is 35.2. The Morgan fingerprint density at radius 1 is 0.952 bits per heavy atom. The molecule has 5 rings (SSSR count). The third kappa shape index (κ3) is 6.57. The zero-order valence-corrected chi connectivity index (χ0v) is 26.3. The van der Waals surface area contributed by atoms with E-state index >= 15 is 0 Å². The van der Waals surface area contributed by atoms with Gasteiger partial charge in [-0.2, -0.15) is 0 Å². The lowest BCUT2D eigenvalue weighted by molar-refractivity contribution is -0.175. The molecule has 2 saturated heterocycles. The summed E-state index contributed by atoms with van der Waals surface area (Å²) in [7, 11) is -1.88. The third-order valence-corrected chi connectivity index (χ3v) is 10.9. The summed E-state index contributed by atoms with van der Waals surface area (Å²) in [5.74, 6) is 0.445. The Labute approximate surface area is 251 Å². The zero-order valence-electron chi connectivity index (χ0n) is 25.5. The van der Waals surface area contributed by atoms with Crippen LogP contribution in [0.4, 0.5) is 0 Å². The number of piperidine rings is 1. The van der Waals surface area contributed by atoms with Crippen LogP contribution in [0.2, 0.25) is 0 Å². The predicted octanol–water partition coefficient (Wildman–Crippen LogP) is 5.71. The minimum atomic E-state index is -3.59. The quantitative estimate of drug-likeness (QED) is 0.336. The van der Waals surface area contributed by atoms with Gasteiger partial charge in [0.25, 0.3) is 0 Å². The zero-order chi connectivity index (χ0) is 30.0. The van der Waals surface area contributed by atoms with Crippen molar-refractivity contribution in [3.63, 3.8) is 0 Å². The minimum Gasteiger partial charge on any atom is -0.350 e. The SMILES string of the molecule is CN(CC1CCN(CCC2(c3ccccc3)CCN(C(=O)C(C)(C)C)CO2)CC1)S(=O)(=O)c1cccc2ccccc12.